The Morgan fingerprint density at radius 2 is 0.709 bits per heavy atom. The molecule has 6 nitrogen and oxygen atoms in total. The molecule has 0 aromatic heterocycles. The van der Waals surface area contributed by atoms with Crippen molar-refractivity contribution in [2.24, 2.45) is 0 Å². The number of rotatable bonds is 40. The van der Waals surface area contributed by atoms with Crippen LogP contribution in [0.3, 0.4) is 0 Å². The second-order valence-electron chi connectivity index (χ2n) is 15.1. The Bertz CT molecular complexity index is 1020. The molecule has 0 aliphatic rings. The summed E-state index contributed by atoms with van der Waals surface area (Å²) in [7, 11) is 0. The Hall–Kier alpha value is -2.89. The highest BCUT2D eigenvalue weighted by Gasteiger charge is 2.19. The van der Waals surface area contributed by atoms with Gasteiger partial charge < -0.3 is 14.2 Å². The quantitative estimate of drug-likeness (QED) is 0.0267. The maximum atomic E-state index is 12.7. The van der Waals surface area contributed by atoms with Gasteiger partial charge in [-0.2, -0.15) is 0 Å². The lowest BCUT2D eigenvalue weighted by molar-refractivity contribution is -0.167. The Kier molecular flexibility index (Phi) is 41.5. The zero-order valence-corrected chi connectivity index (χ0v) is 35.9. The molecular weight excluding hydrogens is 685 g/mol. The fourth-order valence-electron chi connectivity index (χ4n) is 6.24. The summed E-state index contributed by atoms with van der Waals surface area (Å²) in [6.45, 7) is 6.41. The van der Waals surface area contributed by atoms with Gasteiger partial charge in [-0.3, -0.25) is 14.4 Å². The number of carbonyl (C=O) groups excluding carboxylic acids is 3. The van der Waals surface area contributed by atoms with E-state index >= 15 is 0 Å². The van der Waals surface area contributed by atoms with E-state index in [4.69, 9.17) is 14.2 Å². The summed E-state index contributed by atoms with van der Waals surface area (Å²) >= 11 is 0. The Morgan fingerprint density at radius 1 is 0.382 bits per heavy atom. The summed E-state index contributed by atoms with van der Waals surface area (Å²) in [4.78, 5) is 37.7. The summed E-state index contributed by atoms with van der Waals surface area (Å²) in [5, 5.41) is 0. The van der Waals surface area contributed by atoms with Gasteiger partial charge in [-0.05, 0) is 32.1 Å². The third kappa shape index (κ3) is 42.1. The van der Waals surface area contributed by atoms with Crippen molar-refractivity contribution in [1.82, 2.24) is 0 Å². The van der Waals surface area contributed by atoms with E-state index in [2.05, 4.69) is 26.8 Å². The molecule has 0 saturated heterocycles. The second-order valence-corrected chi connectivity index (χ2v) is 15.1. The first-order chi connectivity index (χ1) is 27.0. The smallest absolute Gasteiger partial charge is 0.306 e. The lowest BCUT2D eigenvalue weighted by atomic mass is 10.0. The van der Waals surface area contributed by atoms with Gasteiger partial charge in [0, 0.05) is 19.3 Å². The van der Waals surface area contributed by atoms with Crippen LogP contribution in [-0.2, 0) is 28.6 Å². The van der Waals surface area contributed by atoms with Gasteiger partial charge in [-0.25, -0.2) is 0 Å². The van der Waals surface area contributed by atoms with Gasteiger partial charge in [0.25, 0.3) is 0 Å². The van der Waals surface area contributed by atoms with E-state index in [1.807, 2.05) is 54.7 Å². The zero-order chi connectivity index (χ0) is 40.1. The lowest BCUT2D eigenvalue weighted by Gasteiger charge is -2.18. The molecule has 0 N–H and O–H groups in total. The van der Waals surface area contributed by atoms with Gasteiger partial charge >= 0.3 is 17.9 Å². The fourth-order valence-corrected chi connectivity index (χ4v) is 6.24. The van der Waals surface area contributed by atoms with E-state index in [-0.39, 0.29) is 37.5 Å². The normalized spacial score (nSPS) is 12.6. The zero-order valence-electron chi connectivity index (χ0n) is 35.9. The number of esters is 3. The lowest BCUT2D eigenvalue weighted by Crippen LogP contribution is -2.30. The molecule has 0 saturated carbocycles. The van der Waals surface area contributed by atoms with E-state index in [9.17, 15) is 14.4 Å². The van der Waals surface area contributed by atoms with Crippen molar-refractivity contribution in [3.05, 3.63) is 60.8 Å². The summed E-state index contributed by atoms with van der Waals surface area (Å²) in [6, 6.07) is 0. The second kappa shape index (κ2) is 43.8. The van der Waals surface area contributed by atoms with E-state index in [1.54, 1.807) is 0 Å². The molecular formula is C49H84O6. The van der Waals surface area contributed by atoms with Crippen molar-refractivity contribution in [3.8, 4) is 0 Å². The molecule has 0 aromatic carbocycles. The molecule has 0 aliphatic heterocycles. The van der Waals surface area contributed by atoms with Crippen molar-refractivity contribution < 1.29 is 28.6 Å². The standard InChI is InChI=1S/C49H84O6/c1-4-7-10-13-16-19-22-25-28-30-33-36-39-42-48(51)54-45-46(55-49(52)43-40-37-34-31-27-24-21-18-15-12-9-6-3)44-53-47(50)41-38-35-32-29-26-23-20-17-14-11-8-5-2/h7,10,13,16,19,22,25,28,30,33,46H,4-6,8-9,11-12,14-15,17-18,20-21,23-24,26-27,29,31-32,34-45H2,1-3H3/b10-7-,16-13-,22-19-,28-25-,33-30-. The first kappa shape index (κ1) is 52.1. The fraction of sp³-hybridized carbons (Fsp3) is 0.735. The van der Waals surface area contributed by atoms with Crippen LogP contribution in [0.15, 0.2) is 60.8 Å². The van der Waals surface area contributed by atoms with Crippen LogP contribution < -0.4 is 0 Å². The molecule has 0 bridgehead atoms. The third-order valence-electron chi connectivity index (χ3n) is 9.66. The van der Waals surface area contributed by atoms with Gasteiger partial charge in [0.15, 0.2) is 6.10 Å². The largest absolute Gasteiger partial charge is 0.462 e. The van der Waals surface area contributed by atoms with Gasteiger partial charge in [-0.1, -0.05) is 223 Å². The highest BCUT2D eigenvalue weighted by atomic mass is 16.6. The van der Waals surface area contributed by atoms with Crippen LogP contribution >= 0.6 is 0 Å². The van der Waals surface area contributed by atoms with Crippen molar-refractivity contribution >= 4 is 17.9 Å². The third-order valence-corrected chi connectivity index (χ3v) is 9.66. The average Bonchev–Trinajstić information content (AvgIpc) is 3.18. The first-order valence-electron chi connectivity index (χ1n) is 22.9. The molecule has 1 atom stereocenters. The van der Waals surface area contributed by atoms with Crippen LogP contribution in [0.25, 0.3) is 0 Å². The molecule has 316 valence electrons. The maximum absolute atomic E-state index is 12.7. The minimum Gasteiger partial charge on any atom is -0.462 e. The average molecular weight is 769 g/mol. The molecule has 0 spiro atoms. The monoisotopic (exact) mass is 769 g/mol. The predicted molar refractivity (Wildman–Crippen MR) is 233 cm³/mol. The molecule has 1 unspecified atom stereocenters. The molecule has 0 rings (SSSR count). The van der Waals surface area contributed by atoms with Crippen molar-refractivity contribution in [1.29, 1.82) is 0 Å². The number of ether oxygens (including phenoxy) is 3. The highest BCUT2D eigenvalue weighted by molar-refractivity contribution is 5.71. The van der Waals surface area contributed by atoms with Crippen LogP contribution in [0.5, 0.6) is 0 Å². The van der Waals surface area contributed by atoms with Crippen LogP contribution in [0, 0.1) is 0 Å². The summed E-state index contributed by atoms with van der Waals surface area (Å²) in [5.74, 6) is -0.972. The van der Waals surface area contributed by atoms with Crippen LogP contribution in [0.4, 0.5) is 0 Å². The molecule has 0 aromatic rings. The van der Waals surface area contributed by atoms with E-state index < -0.39 is 6.10 Å². The van der Waals surface area contributed by atoms with Gasteiger partial charge in [-0.15, -0.1) is 0 Å². The molecule has 0 radical (unpaired) electrons. The Labute approximate surface area is 339 Å². The number of hydrogen-bond acceptors (Lipinski definition) is 6. The summed E-state index contributed by atoms with van der Waals surface area (Å²) in [6.07, 6.45) is 52.1. The SMILES string of the molecule is CC\C=C/C=C\C=C/C=C\C=C/CCCC(=O)OCC(COC(=O)CCCCCCCCCCCCCC)OC(=O)CCCCCCCCCCCCCC. The van der Waals surface area contributed by atoms with Crippen molar-refractivity contribution in [3.63, 3.8) is 0 Å². The topological polar surface area (TPSA) is 78.9 Å². The van der Waals surface area contributed by atoms with Crippen molar-refractivity contribution in [2.75, 3.05) is 13.2 Å². The van der Waals surface area contributed by atoms with E-state index in [1.165, 1.54) is 116 Å². The summed E-state index contributed by atoms with van der Waals surface area (Å²) in [5.41, 5.74) is 0. The van der Waals surface area contributed by atoms with E-state index in [0.717, 1.165) is 51.4 Å². The van der Waals surface area contributed by atoms with Crippen LogP contribution in [0.2, 0.25) is 0 Å². The van der Waals surface area contributed by atoms with E-state index in [0.29, 0.717) is 19.3 Å². The highest BCUT2D eigenvalue weighted by Crippen LogP contribution is 2.15. The van der Waals surface area contributed by atoms with Gasteiger partial charge in [0.05, 0.1) is 0 Å². The minimum atomic E-state index is -0.796. The minimum absolute atomic E-state index is 0.0939. The van der Waals surface area contributed by atoms with Crippen LogP contribution in [-0.4, -0.2) is 37.2 Å². The molecule has 6 heteroatoms. The Balaban J connectivity index is 4.48. The Morgan fingerprint density at radius 3 is 1.11 bits per heavy atom. The number of hydrogen-bond donors (Lipinski definition) is 0. The van der Waals surface area contributed by atoms with Gasteiger partial charge in [0.1, 0.15) is 13.2 Å². The summed E-state index contributed by atoms with van der Waals surface area (Å²) < 4.78 is 16.6. The number of carbonyl (C=O) groups is 3. The molecule has 55 heavy (non-hydrogen) atoms. The molecule has 0 aliphatic carbocycles. The molecule has 0 amide bonds. The molecule has 0 heterocycles. The maximum Gasteiger partial charge on any atom is 0.306 e. The number of unbranched alkanes of at least 4 members (excludes halogenated alkanes) is 23. The van der Waals surface area contributed by atoms with Crippen molar-refractivity contribution in [2.45, 2.75) is 219 Å². The molecule has 0 fully saturated rings. The van der Waals surface area contributed by atoms with Gasteiger partial charge in [0.2, 0.25) is 0 Å². The van der Waals surface area contributed by atoms with Crippen LogP contribution in [0.1, 0.15) is 213 Å². The first-order valence-corrected chi connectivity index (χ1v) is 22.9. The number of allylic oxidation sites excluding steroid dienone is 10. The predicted octanol–water partition coefficient (Wildman–Crippen LogP) is 14.5.